The van der Waals surface area contributed by atoms with Crippen LogP contribution >= 0.6 is 0 Å². The zero-order valence-corrected chi connectivity index (χ0v) is 12.2. The van der Waals surface area contributed by atoms with Gasteiger partial charge in [0.25, 0.3) is 0 Å². The van der Waals surface area contributed by atoms with Crippen LogP contribution in [-0.2, 0) is 20.0 Å². The highest BCUT2D eigenvalue weighted by molar-refractivity contribution is 5.09. The lowest BCUT2D eigenvalue weighted by Gasteiger charge is -2.27. The van der Waals surface area contributed by atoms with Gasteiger partial charge in [-0.25, -0.2) is 0 Å². The summed E-state index contributed by atoms with van der Waals surface area (Å²) < 4.78 is 1.90. The maximum Gasteiger partial charge on any atom is 0.0869 e. The normalized spacial score (nSPS) is 15.1. The molecule has 0 spiro atoms. The van der Waals surface area contributed by atoms with Crippen molar-refractivity contribution in [1.29, 1.82) is 0 Å². The molecule has 0 saturated heterocycles. The predicted molar refractivity (Wildman–Crippen MR) is 73.5 cm³/mol. The zero-order valence-electron chi connectivity index (χ0n) is 12.2. The molecule has 1 atom stereocenters. The molecule has 0 amide bonds. The van der Waals surface area contributed by atoms with E-state index in [0.29, 0.717) is 13.1 Å². The average Bonchev–Trinajstić information content (AvgIpc) is 2.57. The summed E-state index contributed by atoms with van der Waals surface area (Å²) in [4.78, 5) is 1.99. The van der Waals surface area contributed by atoms with E-state index in [4.69, 9.17) is 0 Å². The molecule has 0 fully saturated rings. The van der Waals surface area contributed by atoms with Gasteiger partial charge >= 0.3 is 0 Å². The Hall–Kier alpha value is -0.910. The molecule has 1 rings (SSSR count). The first kappa shape index (κ1) is 15.1. The Balaban J connectivity index is 2.43. The van der Waals surface area contributed by atoms with Gasteiger partial charge in [-0.3, -0.25) is 4.68 Å². The van der Waals surface area contributed by atoms with E-state index in [2.05, 4.69) is 23.4 Å². The molecule has 0 aliphatic heterocycles. The fourth-order valence-electron chi connectivity index (χ4n) is 2.11. The van der Waals surface area contributed by atoms with Crippen molar-refractivity contribution in [1.82, 2.24) is 20.0 Å². The monoisotopic (exact) mass is 254 g/mol. The van der Waals surface area contributed by atoms with Crippen molar-refractivity contribution in [3.05, 3.63) is 17.5 Å². The lowest BCUT2D eigenvalue weighted by molar-refractivity contribution is 0.0334. The third kappa shape index (κ3) is 4.76. The Morgan fingerprint density at radius 1 is 1.50 bits per heavy atom. The zero-order chi connectivity index (χ0) is 13.8. The number of nitrogens with one attached hydrogen (secondary N) is 1. The van der Waals surface area contributed by atoms with Gasteiger partial charge in [-0.15, -0.1) is 0 Å². The molecular formula is C13H26N4O. The summed E-state index contributed by atoms with van der Waals surface area (Å²) in [6, 6.07) is 2.10. The first-order valence-corrected chi connectivity index (χ1v) is 6.43. The lowest BCUT2D eigenvalue weighted by Crippen LogP contribution is -2.45. The SMILES string of the molecule is CCc1cc(CNCC(C)(O)CN(C)C)n(C)n1. The summed E-state index contributed by atoms with van der Waals surface area (Å²) >= 11 is 0. The molecule has 2 N–H and O–H groups in total. The number of hydrogen-bond donors (Lipinski definition) is 2. The third-order valence-electron chi connectivity index (χ3n) is 2.86. The number of rotatable bonds is 7. The summed E-state index contributed by atoms with van der Waals surface area (Å²) in [5, 5.41) is 17.8. The largest absolute Gasteiger partial charge is 0.388 e. The van der Waals surface area contributed by atoms with Gasteiger partial charge in [-0.1, -0.05) is 6.92 Å². The van der Waals surface area contributed by atoms with E-state index >= 15 is 0 Å². The molecule has 0 aliphatic carbocycles. The summed E-state index contributed by atoms with van der Waals surface area (Å²) in [6.45, 7) is 5.89. The highest BCUT2D eigenvalue weighted by Crippen LogP contribution is 2.06. The molecule has 18 heavy (non-hydrogen) atoms. The number of aryl methyl sites for hydroxylation is 2. The number of nitrogens with zero attached hydrogens (tertiary/aromatic N) is 3. The van der Waals surface area contributed by atoms with Crippen LogP contribution in [0.1, 0.15) is 25.2 Å². The Morgan fingerprint density at radius 3 is 2.67 bits per heavy atom. The van der Waals surface area contributed by atoms with Gasteiger partial charge in [0.1, 0.15) is 0 Å². The molecule has 1 unspecified atom stereocenters. The van der Waals surface area contributed by atoms with Gasteiger partial charge in [0.15, 0.2) is 0 Å². The molecule has 104 valence electrons. The van der Waals surface area contributed by atoms with E-state index in [0.717, 1.165) is 24.4 Å². The van der Waals surface area contributed by atoms with Gasteiger partial charge in [-0.05, 0) is 33.5 Å². The second-order valence-electron chi connectivity index (χ2n) is 5.44. The standard InChI is InChI=1S/C13H26N4O/c1-6-11-7-12(17(5)15-11)8-14-9-13(2,18)10-16(3)4/h7,14,18H,6,8-10H2,1-5H3. The Bertz CT molecular complexity index is 371. The Kier molecular flexibility index (Phi) is 5.31. The molecule has 1 aromatic rings. The van der Waals surface area contributed by atoms with Crippen molar-refractivity contribution in [3.8, 4) is 0 Å². The molecule has 5 nitrogen and oxygen atoms in total. The highest BCUT2D eigenvalue weighted by Gasteiger charge is 2.20. The van der Waals surface area contributed by atoms with Crippen molar-refractivity contribution in [2.45, 2.75) is 32.4 Å². The van der Waals surface area contributed by atoms with E-state index in [1.54, 1.807) is 0 Å². The van der Waals surface area contributed by atoms with Crippen molar-refractivity contribution >= 4 is 0 Å². The van der Waals surface area contributed by atoms with Crippen molar-refractivity contribution in [2.24, 2.45) is 7.05 Å². The van der Waals surface area contributed by atoms with Crippen LogP contribution < -0.4 is 5.32 Å². The first-order valence-electron chi connectivity index (χ1n) is 6.43. The van der Waals surface area contributed by atoms with Crippen molar-refractivity contribution in [2.75, 3.05) is 27.2 Å². The van der Waals surface area contributed by atoms with E-state index < -0.39 is 5.60 Å². The molecule has 1 aromatic heterocycles. The summed E-state index contributed by atoms with van der Waals surface area (Å²) in [5.74, 6) is 0. The van der Waals surface area contributed by atoms with Crippen LogP contribution in [0.3, 0.4) is 0 Å². The van der Waals surface area contributed by atoms with E-state index in [9.17, 15) is 5.11 Å². The quantitative estimate of drug-likeness (QED) is 0.739. The number of aliphatic hydroxyl groups is 1. The van der Waals surface area contributed by atoms with Crippen LogP contribution in [0, 0.1) is 0 Å². The maximum absolute atomic E-state index is 10.2. The van der Waals surface area contributed by atoms with Crippen LogP contribution in [0.25, 0.3) is 0 Å². The minimum atomic E-state index is -0.713. The van der Waals surface area contributed by atoms with Crippen molar-refractivity contribution < 1.29 is 5.11 Å². The van der Waals surface area contributed by atoms with Gasteiger partial charge in [0.2, 0.25) is 0 Å². The highest BCUT2D eigenvalue weighted by atomic mass is 16.3. The fraction of sp³-hybridized carbons (Fsp3) is 0.769. The second kappa shape index (κ2) is 6.31. The number of aromatic nitrogens is 2. The molecule has 0 radical (unpaired) electrons. The molecule has 0 aliphatic rings. The smallest absolute Gasteiger partial charge is 0.0869 e. The summed E-state index contributed by atoms with van der Waals surface area (Å²) in [6.07, 6.45) is 0.951. The molecule has 0 bridgehead atoms. The topological polar surface area (TPSA) is 53.3 Å². The van der Waals surface area contributed by atoms with Crippen LogP contribution in [-0.4, -0.2) is 52.6 Å². The molecule has 1 heterocycles. The van der Waals surface area contributed by atoms with E-state index in [-0.39, 0.29) is 0 Å². The third-order valence-corrected chi connectivity index (χ3v) is 2.86. The maximum atomic E-state index is 10.2. The van der Waals surface area contributed by atoms with Gasteiger partial charge in [-0.2, -0.15) is 5.10 Å². The summed E-state index contributed by atoms with van der Waals surface area (Å²) in [7, 11) is 5.88. The van der Waals surface area contributed by atoms with Crippen LogP contribution in [0.5, 0.6) is 0 Å². The molecule has 0 saturated carbocycles. The second-order valence-corrected chi connectivity index (χ2v) is 5.44. The minimum Gasteiger partial charge on any atom is -0.388 e. The van der Waals surface area contributed by atoms with Crippen LogP contribution in [0.15, 0.2) is 6.07 Å². The summed E-state index contributed by atoms with van der Waals surface area (Å²) in [5.41, 5.74) is 1.54. The first-order chi connectivity index (χ1) is 8.34. The fourth-order valence-corrected chi connectivity index (χ4v) is 2.11. The average molecular weight is 254 g/mol. The predicted octanol–water partition coefficient (Wildman–Crippen LogP) is 0.385. The van der Waals surface area contributed by atoms with Crippen LogP contribution in [0.4, 0.5) is 0 Å². The van der Waals surface area contributed by atoms with E-state index in [1.807, 2.05) is 37.6 Å². The van der Waals surface area contributed by atoms with Gasteiger partial charge in [0.05, 0.1) is 17.0 Å². The van der Waals surface area contributed by atoms with Gasteiger partial charge < -0.3 is 15.3 Å². The molecule has 0 aromatic carbocycles. The molecule has 5 heteroatoms. The van der Waals surface area contributed by atoms with Gasteiger partial charge in [0, 0.05) is 26.7 Å². The lowest BCUT2D eigenvalue weighted by atomic mass is 10.1. The van der Waals surface area contributed by atoms with Crippen molar-refractivity contribution in [3.63, 3.8) is 0 Å². The van der Waals surface area contributed by atoms with E-state index in [1.165, 1.54) is 0 Å². The number of likely N-dealkylation sites (N-methyl/N-ethyl adjacent to an activating group) is 1. The minimum absolute atomic E-state index is 0.567. The number of hydrogen-bond acceptors (Lipinski definition) is 4. The Labute approximate surface area is 110 Å². The Morgan fingerprint density at radius 2 is 2.17 bits per heavy atom. The molecular weight excluding hydrogens is 228 g/mol. The van der Waals surface area contributed by atoms with Crippen LogP contribution in [0.2, 0.25) is 0 Å².